The van der Waals surface area contributed by atoms with Crippen molar-refractivity contribution in [1.29, 1.82) is 0 Å². The Morgan fingerprint density at radius 1 is 1.10 bits per heavy atom. The highest BCUT2D eigenvalue weighted by Crippen LogP contribution is 2.60. The molecule has 31 heavy (non-hydrogen) atoms. The van der Waals surface area contributed by atoms with Crippen LogP contribution in [-0.2, 0) is 23.9 Å². The molecular formula is C20H18Br2Cl2N2O5. The number of hydrogen-bond donors (Lipinski definition) is 1. The number of nitrogens with zero attached hydrogens (tertiary/aromatic N) is 1. The Balaban J connectivity index is 1.26. The molecule has 166 valence electrons. The summed E-state index contributed by atoms with van der Waals surface area (Å²) in [7, 11) is 0. The van der Waals surface area contributed by atoms with E-state index in [4.69, 9.17) is 27.9 Å². The van der Waals surface area contributed by atoms with Gasteiger partial charge in [0.05, 0.1) is 29.0 Å². The molecule has 0 spiro atoms. The lowest BCUT2D eigenvalue weighted by Crippen LogP contribution is -2.37. The van der Waals surface area contributed by atoms with Crippen LogP contribution in [0.3, 0.4) is 0 Å². The molecule has 3 amide bonds. The number of likely N-dealkylation sites (tertiary alicyclic amines) is 1. The predicted molar refractivity (Wildman–Crippen MR) is 121 cm³/mol. The molecule has 11 heteroatoms. The second kappa shape index (κ2) is 9.00. The topological polar surface area (TPSA) is 92.8 Å². The normalized spacial score (nSPS) is 31.2. The molecule has 1 N–H and O–H groups in total. The molecule has 3 fully saturated rings. The Hall–Kier alpha value is -1.16. The molecule has 6 atom stereocenters. The smallest absolute Gasteiger partial charge is 0.308 e. The van der Waals surface area contributed by atoms with Crippen molar-refractivity contribution >= 4 is 84.4 Å². The van der Waals surface area contributed by atoms with Gasteiger partial charge in [0.25, 0.3) is 5.91 Å². The number of fused-ring (bicyclic) bond motifs is 5. The number of halogens is 4. The molecule has 7 nitrogen and oxygen atoms in total. The van der Waals surface area contributed by atoms with Crippen LogP contribution in [0.15, 0.2) is 18.2 Å². The predicted octanol–water partition coefficient (Wildman–Crippen LogP) is 3.64. The lowest BCUT2D eigenvalue weighted by Gasteiger charge is -2.28. The molecule has 4 rings (SSSR count). The van der Waals surface area contributed by atoms with Gasteiger partial charge in [-0.25, -0.2) is 0 Å². The van der Waals surface area contributed by atoms with Gasteiger partial charge in [0.1, 0.15) is 0 Å². The maximum atomic E-state index is 12.8. The van der Waals surface area contributed by atoms with Gasteiger partial charge in [0, 0.05) is 21.2 Å². The van der Waals surface area contributed by atoms with E-state index in [1.54, 1.807) is 6.07 Å². The number of carbonyl (C=O) groups excluding carboxylic acids is 4. The summed E-state index contributed by atoms with van der Waals surface area (Å²) in [5, 5.41) is 3.21. The van der Waals surface area contributed by atoms with Gasteiger partial charge >= 0.3 is 5.97 Å². The molecule has 1 aromatic carbocycles. The fourth-order valence-electron chi connectivity index (χ4n) is 4.83. The van der Waals surface area contributed by atoms with E-state index < -0.39 is 18.5 Å². The standard InChI is InChI=1S/C20H18Br2Cl2N2O5/c21-17-9-6-10(18(17)22)16-15(9)19(29)26(20(16)30)4-3-14(28)31-7-13(27)25-12-2-1-8(23)5-11(12)24/h1-2,5,9-10,15-18H,3-4,6-7H2,(H,25,27)/t9-,10-,15-,16+,17-,18+/m1/s1. The number of rotatable bonds is 6. The first kappa shape index (κ1) is 23.0. The third-order valence-electron chi connectivity index (χ3n) is 6.19. The van der Waals surface area contributed by atoms with Crippen LogP contribution in [0.5, 0.6) is 0 Å². The third kappa shape index (κ3) is 4.26. The Morgan fingerprint density at radius 3 is 2.29 bits per heavy atom. The van der Waals surface area contributed by atoms with Crippen molar-refractivity contribution in [2.24, 2.45) is 23.7 Å². The molecule has 1 heterocycles. The first-order valence-electron chi connectivity index (χ1n) is 9.73. The Bertz CT molecular complexity index is 929. The Labute approximate surface area is 205 Å². The van der Waals surface area contributed by atoms with Crippen molar-refractivity contribution in [2.45, 2.75) is 22.5 Å². The fraction of sp³-hybridized carbons (Fsp3) is 0.500. The van der Waals surface area contributed by atoms with E-state index in [1.807, 2.05) is 0 Å². The van der Waals surface area contributed by atoms with E-state index in [9.17, 15) is 19.2 Å². The van der Waals surface area contributed by atoms with Gasteiger partial charge in [-0.05, 0) is 36.5 Å². The van der Waals surface area contributed by atoms with E-state index >= 15 is 0 Å². The maximum absolute atomic E-state index is 12.8. The minimum absolute atomic E-state index is 0.0481. The lowest BCUT2D eigenvalue weighted by molar-refractivity contribution is -0.149. The van der Waals surface area contributed by atoms with E-state index in [2.05, 4.69) is 37.2 Å². The first-order valence-corrected chi connectivity index (χ1v) is 12.3. The molecule has 2 aliphatic carbocycles. The van der Waals surface area contributed by atoms with Crippen LogP contribution in [0, 0.1) is 23.7 Å². The quantitative estimate of drug-likeness (QED) is 0.308. The second-order valence-corrected chi connectivity index (χ2v) is 10.9. The summed E-state index contributed by atoms with van der Waals surface area (Å²) in [6.45, 7) is -0.556. The van der Waals surface area contributed by atoms with E-state index in [1.165, 1.54) is 17.0 Å². The molecule has 2 saturated carbocycles. The van der Waals surface area contributed by atoms with Gasteiger partial charge in [-0.2, -0.15) is 0 Å². The van der Waals surface area contributed by atoms with Gasteiger partial charge in [-0.1, -0.05) is 55.1 Å². The molecule has 1 aromatic rings. The van der Waals surface area contributed by atoms with Gasteiger partial charge in [-0.15, -0.1) is 0 Å². The number of anilines is 1. The average Bonchev–Trinajstić information content (AvgIpc) is 3.32. The number of nitrogens with one attached hydrogen (secondary N) is 1. The first-order chi connectivity index (χ1) is 14.7. The van der Waals surface area contributed by atoms with Crippen molar-refractivity contribution in [3.8, 4) is 0 Å². The summed E-state index contributed by atoms with van der Waals surface area (Å²) in [5.41, 5.74) is 0.344. The Kier molecular flexibility index (Phi) is 6.68. The van der Waals surface area contributed by atoms with Crippen LogP contribution in [0.25, 0.3) is 0 Å². The van der Waals surface area contributed by atoms with Crippen LogP contribution < -0.4 is 5.32 Å². The minimum atomic E-state index is -0.672. The third-order valence-corrected chi connectivity index (χ3v) is 9.94. The van der Waals surface area contributed by atoms with Gasteiger partial charge in [0.2, 0.25) is 11.8 Å². The summed E-state index contributed by atoms with van der Waals surface area (Å²) < 4.78 is 4.97. The molecule has 3 aliphatic rings. The SMILES string of the molecule is O=C(COC(=O)CCN1C(=O)[C@@H]2[C@H]3C[C@@H]([C@H](Br)[C@@H]3Br)[C@@H]2C1=O)Nc1ccc(Cl)cc1Cl. The summed E-state index contributed by atoms with van der Waals surface area (Å²) in [6.07, 6.45) is 0.679. The van der Waals surface area contributed by atoms with E-state index in [0.29, 0.717) is 10.7 Å². The van der Waals surface area contributed by atoms with Crippen LogP contribution in [0.1, 0.15) is 12.8 Å². The number of alkyl halides is 2. The second-order valence-electron chi connectivity index (χ2n) is 7.91. The average molecular weight is 597 g/mol. The zero-order chi connectivity index (χ0) is 22.4. The summed E-state index contributed by atoms with van der Waals surface area (Å²) in [4.78, 5) is 51.2. The molecular weight excluding hydrogens is 579 g/mol. The summed E-state index contributed by atoms with van der Waals surface area (Å²) in [6, 6.07) is 4.58. The molecule has 0 radical (unpaired) electrons. The zero-order valence-electron chi connectivity index (χ0n) is 16.0. The largest absolute Gasteiger partial charge is 0.456 e. The van der Waals surface area contributed by atoms with Crippen LogP contribution in [0.2, 0.25) is 10.0 Å². The molecule has 0 unspecified atom stereocenters. The Morgan fingerprint density at radius 2 is 1.71 bits per heavy atom. The minimum Gasteiger partial charge on any atom is -0.456 e. The number of benzene rings is 1. The maximum Gasteiger partial charge on any atom is 0.308 e. The van der Waals surface area contributed by atoms with Crippen LogP contribution >= 0.6 is 55.1 Å². The molecule has 0 aromatic heterocycles. The number of ether oxygens (including phenoxy) is 1. The number of amides is 3. The molecule has 1 saturated heterocycles. The fourth-order valence-corrected chi connectivity index (χ4v) is 7.16. The monoisotopic (exact) mass is 594 g/mol. The number of imide groups is 1. The van der Waals surface area contributed by atoms with Crippen molar-refractivity contribution in [3.05, 3.63) is 28.2 Å². The van der Waals surface area contributed by atoms with Crippen LogP contribution in [0.4, 0.5) is 5.69 Å². The highest BCUT2D eigenvalue weighted by atomic mass is 79.9. The van der Waals surface area contributed by atoms with E-state index in [0.717, 1.165) is 6.42 Å². The van der Waals surface area contributed by atoms with Gasteiger partial charge in [-0.3, -0.25) is 24.1 Å². The highest BCUT2D eigenvalue weighted by Gasteiger charge is 2.66. The number of carbonyl (C=O) groups is 4. The van der Waals surface area contributed by atoms with Gasteiger partial charge < -0.3 is 10.1 Å². The zero-order valence-corrected chi connectivity index (χ0v) is 20.7. The molecule has 2 bridgehead atoms. The van der Waals surface area contributed by atoms with Gasteiger partial charge in [0.15, 0.2) is 6.61 Å². The van der Waals surface area contributed by atoms with Crippen molar-refractivity contribution in [1.82, 2.24) is 4.90 Å². The number of esters is 1. The van der Waals surface area contributed by atoms with Crippen LogP contribution in [-0.4, -0.2) is 51.4 Å². The number of hydrogen-bond acceptors (Lipinski definition) is 5. The lowest BCUT2D eigenvalue weighted by atomic mass is 9.81. The van der Waals surface area contributed by atoms with Crippen molar-refractivity contribution < 1.29 is 23.9 Å². The van der Waals surface area contributed by atoms with E-state index in [-0.39, 0.29) is 63.1 Å². The summed E-state index contributed by atoms with van der Waals surface area (Å²) in [5.74, 6) is -2.06. The molecule has 1 aliphatic heterocycles. The summed E-state index contributed by atoms with van der Waals surface area (Å²) >= 11 is 19.1. The van der Waals surface area contributed by atoms with Crippen molar-refractivity contribution in [2.75, 3.05) is 18.5 Å². The van der Waals surface area contributed by atoms with Crippen molar-refractivity contribution in [3.63, 3.8) is 0 Å². The highest BCUT2D eigenvalue weighted by molar-refractivity contribution is 9.12.